The number of methoxy groups -OCH3 is 1. The molecule has 0 radical (unpaired) electrons. The third kappa shape index (κ3) is 8.02. The van der Waals surface area contributed by atoms with Crippen LogP contribution in [0.5, 0.6) is 0 Å². The van der Waals surface area contributed by atoms with Crippen LogP contribution in [0.2, 0.25) is 0 Å². The molecule has 0 aliphatic carbocycles. The van der Waals surface area contributed by atoms with Crippen molar-refractivity contribution in [3.05, 3.63) is 12.7 Å². The van der Waals surface area contributed by atoms with Gasteiger partial charge in [-0.1, -0.05) is 63.5 Å². The van der Waals surface area contributed by atoms with Gasteiger partial charge in [-0.05, 0) is 32.1 Å². The lowest BCUT2D eigenvalue weighted by molar-refractivity contribution is -0.146. The first-order chi connectivity index (χ1) is 11.5. The van der Waals surface area contributed by atoms with Crippen LogP contribution in [0.15, 0.2) is 12.7 Å². The minimum atomic E-state index is -0.518. The average Bonchev–Trinajstić information content (AvgIpc) is 2.84. The van der Waals surface area contributed by atoms with Crippen molar-refractivity contribution in [3.8, 4) is 23.7 Å². The minimum absolute atomic E-state index is 0.0260. The lowest BCUT2D eigenvalue weighted by atomic mass is 10.0. The maximum atomic E-state index is 6.04. The number of hydrogen-bond acceptors (Lipinski definition) is 3. The summed E-state index contributed by atoms with van der Waals surface area (Å²) < 4.78 is 17.1. The van der Waals surface area contributed by atoms with Crippen LogP contribution in [0.4, 0.5) is 0 Å². The summed E-state index contributed by atoms with van der Waals surface area (Å²) >= 11 is 0. The molecule has 24 heavy (non-hydrogen) atoms. The van der Waals surface area contributed by atoms with Crippen molar-refractivity contribution in [2.45, 2.75) is 89.8 Å². The Hall–Kier alpha value is -1.26. The third-order valence-electron chi connectivity index (χ3n) is 4.01. The normalized spacial score (nSPS) is 22.8. The summed E-state index contributed by atoms with van der Waals surface area (Å²) in [5, 5.41) is 0. The summed E-state index contributed by atoms with van der Waals surface area (Å²) in [5.41, 5.74) is 0. The Kier molecular flexibility index (Phi) is 9.80. The summed E-state index contributed by atoms with van der Waals surface area (Å²) in [5.74, 6) is 11.1. The van der Waals surface area contributed by atoms with Crippen LogP contribution in [-0.2, 0) is 14.2 Å². The minimum Gasteiger partial charge on any atom is -0.365 e. The molecule has 0 unspecified atom stereocenters. The fourth-order valence-electron chi connectivity index (χ4n) is 2.79. The Bertz CT molecular complexity index is 487. The molecule has 1 rings (SSSR count). The van der Waals surface area contributed by atoms with E-state index < -0.39 is 5.79 Å². The van der Waals surface area contributed by atoms with E-state index >= 15 is 0 Å². The van der Waals surface area contributed by atoms with E-state index in [1.54, 1.807) is 13.2 Å². The van der Waals surface area contributed by atoms with E-state index in [1.807, 2.05) is 13.8 Å². The second kappa shape index (κ2) is 11.3. The third-order valence-corrected chi connectivity index (χ3v) is 4.01. The summed E-state index contributed by atoms with van der Waals surface area (Å²) in [4.78, 5) is 0. The van der Waals surface area contributed by atoms with Crippen LogP contribution in [0.25, 0.3) is 0 Å². The van der Waals surface area contributed by atoms with E-state index in [4.69, 9.17) is 14.2 Å². The Balaban J connectivity index is 2.46. The van der Waals surface area contributed by atoms with Gasteiger partial charge in [-0.3, -0.25) is 0 Å². The molecule has 0 amide bonds. The van der Waals surface area contributed by atoms with Crippen molar-refractivity contribution in [1.29, 1.82) is 0 Å². The molecule has 3 heteroatoms. The fourth-order valence-corrected chi connectivity index (χ4v) is 2.79. The molecule has 0 N–H and O–H groups in total. The van der Waals surface area contributed by atoms with Crippen molar-refractivity contribution in [3.63, 3.8) is 0 Å². The predicted octanol–water partition coefficient (Wildman–Crippen LogP) is 4.46. The van der Waals surface area contributed by atoms with Gasteiger partial charge in [0.25, 0.3) is 0 Å². The molecule has 3 atom stereocenters. The molecule has 0 aromatic carbocycles. The smallest absolute Gasteiger partial charge is 0.163 e. The van der Waals surface area contributed by atoms with Crippen LogP contribution < -0.4 is 0 Å². The highest BCUT2D eigenvalue weighted by Crippen LogP contribution is 2.32. The van der Waals surface area contributed by atoms with Gasteiger partial charge in [0.1, 0.15) is 6.10 Å². The Morgan fingerprint density at radius 1 is 1.12 bits per heavy atom. The highest BCUT2D eigenvalue weighted by atomic mass is 16.7. The molecule has 1 aliphatic heterocycles. The van der Waals surface area contributed by atoms with Crippen LogP contribution in [0.1, 0.15) is 65.7 Å². The van der Waals surface area contributed by atoms with E-state index in [9.17, 15) is 0 Å². The van der Waals surface area contributed by atoms with E-state index in [1.165, 1.54) is 32.1 Å². The zero-order valence-corrected chi connectivity index (χ0v) is 15.7. The first-order valence-electron chi connectivity index (χ1n) is 9.01. The summed E-state index contributed by atoms with van der Waals surface area (Å²) in [6.45, 7) is 9.83. The van der Waals surface area contributed by atoms with Crippen molar-refractivity contribution in [2.24, 2.45) is 0 Å². The van der Waals surface area contributed by atoms with Gasteiger partial charge in [0.15, 0.2) is 5.79 Å². The van der Waals surface area contributed by atoms with Crippen molar-refractivity contribution < 1.29 is 14.2 Å². The molecule has 1 fully saturated rings. The van der Waals surface area contributed by atoms with Gasteiger partial charge in [0.05, 0.1) is 12.2 Å². The van der Waals surface area contributed by atoms with Crippen LogP contribution >= 0.6 is 0 Å². The van der Waals surface area contributed by atoms with E-state index in [-0.39, 0.29) is 18.3 Å². The predicted molar refractivity (Wildman–Crippen MR) is 98.4 cm³/mol. The maximum absolute atomic E-state index is 6.04. The van der Waals surface area contributed by atoms with Gasteiger partial charge in [-0.2, -0.15) is 0 Å². The second-order valence-electron chi connectivity index (χ2n) is 6.58. The number of unbranched alkanes of at least 4 members (excludes halogenated alkanes) is 4. The Morgan fingerprint density at radius 2 is 1.83 bits per heavy atom. The van der Waals surface area contributed by atoms with Gasteiger partial charge in [0.2, 0.25) is 0 Å². The zero-order valence-electron chi connectivity index (χ0n) is 15.7. The second-order valence-corrected chi connectivity index (χ2v) is 6.58. The molecule has 1 heterocycles. The summed E-state index contributed by atoms with van der Waals surface area (Å²) in [6, 6.07) is 0. The van der Waals surface area contributed by atoms with Gasteiger partial charge in [0, 0.05) is 13.5 Å². The summed E-state index contributed by atoms with van der Waals surface area (Å²) in [7, 11) is 1.60. The van der Waals surface area contributed by atoms with E-state index in [0.717, 1.165) is 6.42 Å². The molecule has 1 saturated heterocycles. The van der Waals surface area contributed by atoms with Crippen molar-refractivity contribution in [2.75, 3.05) is 7.11 Å². The molecule has 0 bridgehead atoms. The maximum Gasteiger partial charge on any atom is 0.163 e. The van der Waals surface area contributed by atoms with E-state index in [2.05, 4.69) is 37.2 Å². The lowest BCUT2D eigenvalue weighted by Gasteiger charge is -2.16. The first-order valence-corrected chi connectivity index (χ1v) is 9.01. The zero-order chi connectivity index (χ0) is 17.8. The SMILES string of the molecule is C=C[C@H](C#CC#CC[C@H]1OC(C)(C)O[C@@H]1CCCCCCC)OC. The van der Waals surface area contributed by atoms with E-state index in [0.29, 0.717) is 6.42 Å². The highest BCUT2D eigenvalue weighted by molar-refractivity contribution is 5.29. The number of rotatable bonds is 9. The molecule has 0 aromatic heterocycles. The largest absolute Gasteiger partial charge is 0.365 e. The molecule has 3 nitrogen and oxygen atoms in total. The highest BCUT2D eigenvalue weighted by Gasteiger charge is 2.40. The van der Waals surface area contributed by atoms with Gasteiger partial charge < -0.3 is 14.2 Å². The summed E-state index contributed by atoms with van der Waals surface area (Å²) in [6.07, 6.45) is 9.55. The molecule has 134 valence electrons. The Labute approximate surface area is 148 Å². The molecular weight excluding hydrogens is 300 g/mol. The fraction of sp³-hybridized carbons (Fsp3) is 0.714. The van der Waals surface area contributed by atoms with Crippen LogP contribution in [0.3, 0.4) is 0 Å². The molecule has 0 spiro atoms. The Morgan fingerprint density at radius 3 is 2.50 bits per heavy atom. The van der Waals surface area contributed by atoms with Gasteiger partial charge in [-0.15, -0.1) is 0 Å². The van der Waals surface area contributed by atoms with Crippen LogP contribution in [-0.4, -0.2) is 31.2 Å². The lowest BCUT2D eigenvalue weighted by Crippen LogP contribution is -2.21. The topological polar surface area (TPSA) is 27.7 Å². The number of hydrogen-bond donors (Lipinski definition) is 0. The number of ether oxygens (including phenoxy) is 3. The molecule has 1 aliphatic rings. The van der Waals surface area contributed by atoms with Crippen molar-refractivity contribution >= 4 is 0 Å². The van der Waals surface area contributed by atoms with Crippen molar-refractivity contribution in [1.82, 2.24) is 0 Å². The molecule has 0 aromatic rings. The quantitative estimate of drug-likeness (QED) is 0.354. The molecular formula is C21H32O3. The monoisotopic (exact) mass is 332 g/mol. The van der Waals surface area contributed by atoms with Gasteiger partial charge in [-0.25, -0.2) is 0 Å². The standard InChI is InChI=1S/C21H32O3/c1-6-8-9-10-13-16-19-20(24-21(3,4)23-19)17-14-11-12-15-18(7-2)22-5/h7,18-20H,2,6,8-10,13,16-17H2,1,3-5H3/t18-,19-,20-/m1/s1. The van der Waals surface area contributed by atoms with Gasteiger partial charge >= 0.3 is 0 Å². The molecule has 0 saturated carbocycles. The average molecular weight is 332 g/mol. The van der Waals surface area contributed by atoms with Crippen LogP contribution in [0, 0.1) is 23.7 Å². The first kappa shape index (κ1) is 20.8.